The van der Waals surface area contributed by atoms with E-state index < -0.39 is 0 Å². The highest BCUT2D eigenvalue weighted by Crippen LogP contribution is 2.27. The van der Waals surface area contributed by atoms with Gasteiger partial charge in [0, 0.05) is 19.1 Å². The van der Waals surface area contributed by atoms with Gasteiger partial charge in [-0.3, -0.25) is 9.36 Å². The van der Waals surface area contributed by atoms with Crippen molar-refractivity contribution >= 4 is 23.6 Å². The highest BCUT2D eigenvalue weighted by atomic mass is 32.2. The maximum Gasteiger partial charge on any atom is 0.232 e. The molecule has 0 spiro atoms. The summed E-state index contributed by atoms with van der Waals surface area (Å²) in [6.45, 7) is 6.41. The molecule has 7 nitrogen and oxygen atoms in total. The minimum absolute atomic E-state index is 0.0769. The largest absolute Gasteiger partial charge is 0.378 e. The fourth-order valence-corrected chi connectivity index (χ4v) is 3.42. The van der Waals surface area contributed by atoms with Crippen LogP contribution in [0.2, 0.25) is 0 Å². The molecule has 26 heavy (non-hydrogen) atoms. The molecule has 0 unspecified atom stereocenters. The van der Waals surface area contributed by atoms with Gasteiger partial charge in [-0.1, -0.05) is 17.8 Å². The number of nitrogens with zero attached hydrogens (tertiary/aromatic N) is 4. The van der Waals surface area contributed by atoms with E-state index in [4.69, 9.17) is 4.74 Å². The van der Waals surface area contributed by atoms with E-state index in [9.17, 15) is 9.18 Å². The van der Waals surface area contributed by atoms with Crippen molar-refractivity contribution in [2.24, 2.45) is 0 Å². The third-order valence-corrected chi connectivity index (χ3v) is 4.69. The Bertz CT molecular complexity index is 761. The van der Waals surface area contributed by atoms with Crippen molar-refractivity contribution in [3.63, 3.8) is 0 Å². The zero-order chi connectivity index (χ0) is 18.5. The molecule has 0 radical (unpaired) electrons. The number of thioether (sulfide) groups is 1. The molecule has 1 aliphatic heterocycles. The van der Waals surface area contributed by atoms with Crippen LogP contribution < -0.4 is 10.2 Å². The van der Waals surface area contributed by atoms with Crippen LogP contribution in [0.3, 0.4) is 0 Å². The van der Waals surface area contributed by atoms with Crippen LogP contribution >= 0.6 is 11.8 Å². The summed E-state index contributed by atoms with van der Waals surface area (Å²) in [4.78, 5) is 14.0. The van der Waals surface area contributed by atoms with Crippen molar-refractivity contribution in [3.05, 3.63) is 30.1 Å². The Morgan fingerprint density at radius 3 is 2.81 bits per heavy atom. The van der Waals surface area contributed by atoms with Crippen LogP contribution in [0.5, 0.6) is 0 Å². The molecule has 2 heterocycles. The lowest BCUT2D eigenvalue weighted by Gasteiger charge is -2.27. The van der Waals surface area contributed by atoms with Crippen molar-refractivity contribution in [1.29, 1.82) is 0 Å². The number of aromatic nitrogens is 3. The van der Waals surface area contributed by atoms with Crippen LogP contribution in [-0.2, 0) is 9.53 Å². The number of anilines is 1. The molecule has 140 valence electrons. The number of halogens is 1. The zero-order valence-corrected chi connectivity index (χ0v) is 15.6. The molecular formula is C17H22FN5O2S. The summed E-state index contributed by atoms with van der Waals surface area (Å²) in [6.07, 6.45) is 0. The van der Waals surface area contributed by atoms with Crippen LogP contribution in [0.25, 0.3) is 5.69 Å². The lowest BCUT2D eigenvalue weighted by atomic mass is 10.3. The Morgan fingerprint density at radius 1 is 1.35 bits per heavy atom. The molecule has 1 N–H and O–H groups in total. The molecule has 1 aromatic carbocycles. The first-order valence-corrected chi connectivity index (χ1v) is 9.49. The minimum atomic E-state index is -0.336. The van der Waals surface area contributed by atoms with Crippen molar-refractivity contribution in [2.75, 3.05) is 37.0 Å². The number of hydrogen-bond donors (Lipinski definition) is 1. The molecule has 0 saturated carbocycles. The molecule has 9 heteroatoms. The monoisotopic (exact) mass is 379 g/mol. The number of rotatable bonds is 6. The zero-order valence-electron chi connectivity index (χ0n) is 14.8. The summed E-state index contributed by atoms with van der Waals surface area (Å²) < 4.78 is 20.9. The average Bonchev–Trinajstić information content (AvgIpc) is 3.04. The first-order chi connectivity index (χ1) is 12.5. The molecular weight excluding hydrogens is 357 g/mol. The van der Waals surface area contributed by atoms with Crippen LogP contribution in [0.1, 0.15) is 13.8 Å². The van der Waals surface area contributed by atoms with Gasteiger partial charge in [0.1, 0.15) is 5.82 Å². The van der Waals surface area contributed by atoms with E-state index >= 15 is 0 Å². The van der Waals surface area contributed by atoms with Crippen LogP contribution in [0.15, 0.2) is 29.4 Å². The number of hydrogen-bond acceptors (Lipinski definition) is 6. The van der Waals surface area contributed by atoms with Crippen LogP contribution in [-0.4, -0.2) is 58.8 Å². The second-order valence-electron chi connectivity index (χ2n) is 6.21. The van der Waals surface area contributed by atoms with Gasteiger partial charge in [0.2, 0.25) is 11.9 Å². The highest BCUT2D eigenvalue weighted by Gasteiger charge is 2.22. The Labute approximate surface area is 155 Å². The van der Waals surface area contributed by atoms with E-state index in [0.29, 0.717) is 43.1 Å². The van der Waals surface area contributed by atoms with Crippen molar-refractivity contribution in [2.45, 2.75) is 25.0 Å². The van der Waals surface area contributed by atoms with E-state index in [1.54, 1.807) is 16.7 Å². The summed E-state index contributed by atoms with van der Waals surface area (Å²) in [5, 5.41) is 11.9. The van der Waals surface area contributed by atoms with Gasteiger partial charge in [-0.05, 0) is 32.0 Å². The fraction of sp³-hybridized carbons (Fsp3) is 0.471. The Kier molecular flexibility index (Phi) is 6.10. The Balaban J connectivity index is 1.88. The molecule has 3 rings (SSSR count). The lowest BCUT2D eigenvalue weighted by molar-refractivity contribution is -0.119. The normalized spacial score (nSPS) is 14.7. The van der Waals surface area contributed by atoms with Crippen molar-refractivity contribution in [1.82, 2.24) is 20.1 Å². The molecule has 0 bridgehead atoms. The Morgan fingerprint density at radius 2 is 2.12 bits per heavy atom. The molecule has 1 aromatic heterocycles. The predicted octanol–water partition coefficient (Wildman–Crippen LogP) is 1.86. The molecule has 0 aliphatic carbocycles. The standard InChI is InChI=1S/C17H22FN5O2S/c1-12(2)19-15(24)11-26-17-21-20-16(22-6-8-25-9-7-22)23(17)14-5-3-4-13(18)10-14/h3-5,10,12H,6-9,11H2,1-2H3,(H,19,24). The quantitative estimate of drug-likeness (QED) is 0.773. The van der Waals surface area contributed by atoms with Gasteiger partial charge in [-0.2, -0.15) is 0 Å². The van der Waals surface area contributed by atoms with Gasteiger partial charge in [-0.15, -0.1) is 10.2 Å². The number of nitrogens with one attached hydrogen (secondary N) is 1. The topological polar surface area (TPSA) is 72.3 Å². The molecule has 0 atom stereocenters. The first kappa shape index (κ1) is 18.7. The van der Waals surface area contributed by atoms with E-state index in [0.717, 1.165) is 0 Å². The molecule has 1 amide bonds. The smallest absolute Gasteiger partial charge is 0.232 e. The maximum atomic E-state index is 13.8. The number of benzene rings is 1. The fourth-order valence-electron chi connectivity index (χ4n) is 2.66. The predicted molar refractivity (Wildman–Crippen MR) is 98.4 cm³/mol. The number of amides is 1. The van der Waals surface area contributed by atoms with Gasteiger partial charge in [0.25, 0.3) is 0 Å². The number of carbonyl (C=O) groups excluding carboxylic acids is 1. The molecule has 1 fully saturated rings. The Hall–Kier alpha value is -2.13. The van der Waals surface area contributed by atoms with Crippen LogP contribution in [0.4, 0.5) is 10.3 Å². The van der Waals surface area contributed by atoms with Crippen molar-refractivity contribution < 1.29 is 13.9 Å². The summed E-state index contributed by atoms with van der Waals surface area (Å²) in [5.41, 5.74) is 0.628. The second kappa shape index (κ2) is 8.50. The van der Waals surface area contributed by atoms with E-state index in [1.165, 1.54) is 23.9 Å². The summed E-state index contributed by atoms with van der Waals surface area (Å²) >= 11 is 1.28. The SMILES string of the molecule is CC(C)NC(=O)CSc1nnc(N2CCOCC2)n1-c1cccc(F)c1. The summed E-state index contributed by atoms with van der Waals surface area (Å²) in [6, 6.07) is 6.35. The lowest BCUT2D eigenvalue weighted by Crippen LogP contribution is -2.38. The third-order valence-electron chi connectivity index (χ3n) is 3.76. The first-order valence-electron chi connectivity index (χ1n) is 8.51. The summed E-state index contributed by atoms with van der Waals surface area (Å²) in [5.74, 6) is 0.435. The molecule has 2 aromatic rings. The number of ether oxygens (including phenoxy) is 1. The van der Waals surface area contributed by atoms with E-state index in [1.807, 2.05) is 13.8 Å². The average molecular weight is 379 g/mol. The van der Waals surface area contributed by atoms with Crippen LogP contribution in [0, 0.1) is 5.82 Å². The maximum absolute atomic E-state index is 13.8. The van der Waals surface area contributed by atoms with Gasteiger partial charge in [-0.25, -0.2) is 4.39 Å². The van der Waals surface area contributed by atoms with Gasteiger partial charge < -0.3 is 15.0 Å². The summed E-state index contributed by atoms with van der Waals surface area (Å²) in [7, 11) is 0. The van der Waals surface area contributed by atoms with Gasteiger partial charge >= 0.3 is 0 Å². The number of carbonyl (C=O) groups is 1. The third kappa shape index (κ3) is 4.53. The van der Waals surface area contributed by atoms with E-state index in [-0.39, 0.29) is 23.5 Å². The second-order valence-corrected chi connectivity index (χ2v) is 7.15. The minimum Gasteiger partial charge on any atom is -0.378 e. The number of morpholine rings is 1. The molecule has 1 saturated heterocycles. The van der Waals surface area contributed by atoms with Gasteiger partial charge in [0.15, 0.2) is 5.16 Å². The van der Waals surface area contributed by atoms with E-state index in [2.05, 4.69) is 20.4 Å². The van der Waals surface area contributed by atoms with Gasteiger partial charge in [0.05, 0.1) is 24.7 Å². The highest BCUT2D eigenvalue weighted by molar-refractivity contribution is 7.99. The van der Waals surface area contributed by atoms with Crippen molar-refractivity contribution in [3.8, 4) is 5.69 Å². The molecule has 1 aliphatic rings.